The number of hydrogen-bond donors (Lipinski definition) is 1. The average Bonchev–Trinajstić information content (AvgIpc) is 2.35. The fourth-order valence-corrected chi connectivity index (χ4v) is 2.19. The summed E-state index contributed by atoms with van der Waals surface area (Å²) >= 11 is 0. The van der Waals surface area contributed by atoms with E-state index in [0.29, 0.717) is 19.0 Å². The average molecular weight is 243 g/mol. The van der Waals surface area contributed by atoms with E-state index in [1.165, 1.54) is 6.42 Å². The molecule has 0 aromatic rings. The Kier molecular flexibility index (Phi) is 5.88. The second-order valence-corrected chi connectivity index (χ2v) is 4.90. The minimum Gasteiger partial charge on any atom is -0.380 e. The zero-order valence-corrected chi connectivity index (χ0v) is 11.2. The number of likely N-dealkylation sites (N-methyl/N-ethyl adjacent to an activating group) is 1. The van der Waals surface area contributed by atoms with Crippen molar-refractivity contribution in [2.45, 2.75) is 31.4 Å². The molecule has 2 N–H and O–H groups in total. The summed E-state index contributed by atoms with van der Waals surface area (Å²) in [6.07, 6.45) is 2.49. The SMILES string of the molecule is COC(CN)CC(=O)N1CCCC(N(C)C)C1. The summed E-state index contributed by atoms with van der Waals surface area (Å²) in [6, 6.07) is 0.478. The van der Waals surface area contributed by atoms with Gasteiger partial charge in [-0.15, -0.1) is 0 Å². The van der Waals surface area contributed by atoms with Gasteiger partial charge in [0.1, 0.15) is 0 Å². The zero-order valence-electron chi connectivity index (χ0n) is 11.2. The van der Waals surface area contributed by atoms with Crippen LogP contribution in [0.2, 0.25) is 0 Å². The fourth-order valence-electron chi connectivity index (χ4n) is 2.19. The van der Waals surface area contributed by atoms with Gasteiger partial charge in [0.2, 0.25) is 5.91 Å². The van der Waals surface area contributed by atoms with Gasteiger partial charge in [-0.3, -0.25) is 4.79 Å². The third-order valence-corrected chi connectivity index (χ3v) is 3.48. The van der Waals surface area contributed by atoms with Gasteiger partial charge >= 0.3 is 0 Å². The van der Waals surface area contributed by atoms with Gasteiger partial charge in [0, 0.05) is 32.8 Å². The van der Waals surface area contributed by atoms with E-state index < -0.39 is 0 Å². The van der Waals surface area contributed by atoms with Gasteiger partial charge in [0.15, 0.2) is 0 Å². The first-order valence-corrected chi connectivity index (χ1v) is 6.25. The van der Waals surface area contributed by atoms with Crippen molar-refractivity contribution in [3.05, 3.63) is 0 Å². The highest BCUT2D eigenvalue weighted by molar-refractivity contribution is 5.76. The second kappa shape index (κ2) is 6.93. The van der Waals surface area contributed by atoms with Crippen molar-refractivity contribution < 1.29 is 9.53 Å². The van der Waals surface area contributed by atoms with Crippen molar-refractivity contribution in [1.29, 1.82) is 0 Å². The van der Waals surface area contributed by atoms with Crippen LogP contribution in [-0.2, 0) is 9.53 Å². The molecule has 17 heavy (non-hydrogen) atoms. The van der Waals surface area contributed by atoms with E-state index in [4.69, 9.17) is 10.5 Å². The van der Waals surface area contributed by atoms with Crippen LogP contribution in [0.15, 0.2) is 0 Å². The van der Waals surface area contributed by atoms with Crippen molar-refractivity contribution in [2.24, 2.45) is 5.73 Å². The number of nitrogens with zero attached hydrogens (tertiary/aromatic N) is 2. The van der Waals surface area contributed by atoms with Crippen LogP contribution in [0, 0.1) is 0 Å². The topological polar surface area (TPSA) is 58.8 Å². The number of methoxy groups -OCH3 is 1. The summed E-state index contributed by atoms with van der Waals surface area (Å²) in [4.78, 5) is 16.2. The Morgan fingerprint density at radius 2 is 2.29 bits per heavy atom. The maximum atomic E-state index is 12.1. The van der Waals surface area contributed by atoms with E-state index in [0.717, 1.165) is 19.5 Å². The standard InChI is InChI=1S/C12H25N3O2/c1-14(2)10-5-4-6-15(9-10)12(16)7-11(8-13)17-3/h10-11H,4-9,13H2,1-3H3. The van der Waals surface area contributed by atoms with E-state index in [-0.39, 0.29) is 12.0 Å². The molecular weight excluding hydrogens is 218 g/mol. The molecule has 100 valence electrons. The van der Waals surface area contributed by atoms with Crippen molar-refractivity contribution >= 4 is 5.91 Å². The number of carbonyl (C=O) groups excluding carboxylic acids is 1. The Balaban J connectivity index is 2.46. The van der Waals surface area contributed by atoms with Crippen LogP contribution in [0.25, 0.3) is 0 Å². The molecule has 1 rings (SSSR count). The quantitative estimate of drug-likeness (QED) is 0.733. The minimum atomic E-state index is -0.151. The molecule has 0 bridgehead atoms. The molecule has 1 aliphatic heterocycles. The molecule has 5 heteroatoms. The Hall–Kier alpha value is -0.650. The molecule has 2 unspecified atom stereocenters. The molecule has 2 atom stereocenters. The maximum Gasteiger partial charge on any atom is 0.225 e. The highest BCUT2D eigenvalue weighted by Gasteiger charge is 2.25. The zero-order chi connectivity index (χ0) is 12.8. The predicted octanol–water partition coefficient (Wildman–Crippen LogP) is -0.0972. The van der Waals surface area contributed by atoms with Crippen molar-refractivity contribution in [2.75, 3.05) is 40.8 Å². The van der Waals surface area contributed by atoms with E-state index in [1.54, 1.807) is 7.11 Å². The Morgan fingerprint density at radius 3 is 2.82 bits per heavy atom. The maximum absolute atomic E-state index is 12.1. The number of ether oxygens (including phenoxy) is 1. The van der Waals surface area contributed by atoms with Crippen LogP contribution in [0.1, 0.15) is 19.3 Å². The number of amides is 1. The number of rotatable bonds is 5. The molecule has 0 saturated carbocycles. The molecule has 1 saturated heterocycles. The number of nitrogens with two attached hydrogens (primary N) is 1. The van der Waals surface area contributed by atoms with Crippen molar-refractivity contribution in [1.82, 2.24) is 9.80 Å². The van der Waals surface area contributed by atoms with E-state index in [2.05, 4.69) is 19.0 Å². The highest BCUT2D eigenvalue weighted by Crippen LogP contribution is 2.15. The second-order valence-electron chi connectivity index (χ2n) is 4.90. The van der Waals surface area contributed by atoms with Crippen LogP contribution in [-0.4, -0.2) is 68.7 Å². The summed E-state index contributed by atoms with van der Waals surface area (Å²) in [5.74, 6) is 0.161. The summed E-state index contributed by atoms with van der Waals surface area (Å²) in [6.45, 7) is 2.09. The molecule has 1 heterocycles. The normalized spacial score (nSPS) is 22.9. The number of carbonyl (C=O) groups is 1. The van der Waals surface area contributed by atoms with Gasteiger partial charge in [-0.1, -0.05) is 0 Å². The molecule has 5 nitrogen and oxygen atoms in total. The number of likely N-dealkylation sites (tertiary alicyclic amines) is 1. The lowest BCUT2D eigenvalue weighted by molar-refractivity contribution is -0.135. The lowest BCUT2D eigenvalue weighted by atomic mass is 10.0. The Bertz CT molecular complexity index is 242. The molecular formula is C12H25N3O2. The molecule has 0 spiro atoms. The van der Waals surface area contributed by atoms with Gasteiger partial charge in [-0.2, -0.15) is 0 Å². The molecule has 1 aliphatic rings. The first-order chi connectivity index (χ1) is 8.08. The molecule has 0 radical (unpaired) electrons. The van der Waals surface area contributed by atoms with Gasteiger partial charge in [0.25, 0.3) is 0 Å². The molecule has 0 aliphatic carbocycles. The van der Waals surface area contributed by atoms with Crippen molar-refractivity contribution in [3.63, 3.8) is 0 Å². The molecule has 1 amide bonds. The summed E-state index contributed by atoms with van der Waals surface area (Å²) in [5.41, 5.74) is 5.53. The summed E-state index contributed by atoms with van der Waals surface area (Å²) in [5, 5.41) is 0. The van der Waals surface area contributed by atoms with Crippen LogP contribution < -0.4 is 5.73 Å². The number of piperidine rings is 1. The van der Waals surface area contributed by atoms with Crippen LogP contribution in [0.3, 0.4) is 0 Å². The lowest BCUT2D eigenvalue weighted by Gasteiger charge is -2.36. The monoisotopic (exact) mass is 243 g/mol. The summed E-state index contributed by atoms with van der Waals surface area (Å²) < 4.78 is 5.15. The van der Waals surface area contributed by atoms with Crippen molar-refractivity contribution in [3.8, 4) is 0 Å². The first-order valence-electron chi connectivity index (χ1n) is 6.25. The largest absolute Gasteiger partial charge is 0.380 e. The van der Waals surface area contributed by atoms with Gasteiger partial charge in [0.05, 0.1) is 12.5 Å². The van der Waals surface area contributed by atoms with E-state index >= 15 is 0 Å². The minimum absolute atomic E-state index is 0.151. The molecule has 0 aromatic heterocycles. The Morgan fingerprint density at radius 1 is 1.59 bits per heavy atom. The smallest absolute Gasteiger partial charge is 0.225 e. The van der Waals surface area contributed by atoms with Crippen LogP contribution in [0.4, 0.5) is 0 Å². The van der Waals surface area contributed by atoms with Gasteiger partial charge < -0.3 is 20.3 Å². The van der Waals surface area contributed by atoms with Crippen LogP contribution >= 0.6 is 0 Å². The van der Waals surface area contributed by atoms with Gasteiger partial charge in [-0.25, -0.2) is 0 Å². The third kappa shape index (κ3) is 4.26. The lowest BCUT2D eigenvalue weighted by Crippen LogP contribution is -2.48. The van der Waals surface area contributed by atoms with E-state index in [1.807, 2.05) is 4.90 Å². The molecule has 0 aromatic carbocycles. The third-order valence-electron chi connectivity index (χ3n) is 3.48. The molecule has 1 fully saturated rings. The van der Waals surface area contributed by atoms with Gasteiger partial charge in [-0.05, 0) is 26.9 Å². The highest BCUT2D eigenvalue weighted by atomic mass is 16.5. The number of hydrogen-bond acceptors (Lipinski definition) is 4. The van der Waals surface area contributed by atoms with Crippen LogP contribution in [0.5, 0.6) is 0 Å². The Labute approximate surface area is 104 Å². The first kappa shape index (κ1) is 14.4. The predicted molar refractivity (Wildman–Crippen MR) is 67.8 cm³/mol. The fraction of sp³-hybridized carbons (Fsp3) is 0.917. The summed E-state index contributed by atoms with van der Waals surface area (Å²) in [7, 11) is 5.73. The van der Waals surface area contributed by atoms with E-state index in [9.17, 15) is 4.79 Å².